The van der Waals surface area contributed by atoms with Crippen molar-refractivity contribution in [1.29, 1.82) is 0 Å². The van der Waals surface area contributed by atoms with E-state index in [0.717, 1.165) is 16.9 Å². The molecule has 4 aromatic rings. The molecule has 0 atom stereocenters. The van der Waals surface area contributed by atoms with Crippen LogP contribution in [0.15, 0.2) is 77.6 Å². The highest BCUT2D eigenvalue weighted by molar-refractivity contribution is 5.88. The van der Waals surface area contributed by atoms with Crippen LogP contribution in [0.4, 0.5) is 8.78 Å². The lowest BCUT2D eigenvalue weighted by Gasteiger charge is -2.12. The first-order valence-electron chi connectivity index (χ1n) is 8.99. The lowest BCUT2D eigenvalue weighted by Crippen LogP contribution is -2.36. The summed E-state index contributed by atoms with van der Waals surface area (Å²) in [4.78, 5) is 25.9. The van der Waals surface area contributed by atoms with E-state index in [0.29, 0.717) is 17.2 Å². The number of hydrogen-bond acceptors (Lipinski definition) is 4. The lowest BCUT2D eigenvalue weighted by atomic mass is 10.1. The summed E-state index contributed by atoms with van der Waals surface area (Å²) in [6.07, 6.45) is -0.343. The maximum atomic E-state index is 13.3. The van der Waals surface area contributed by atoms with Gasteiger partial charge in [-0.25, -0.2) is 14.2 Å². The van der Waals surface area contributed by atoms with Crippen LogP contribution in [0.25, 0.3) is 10.8 Å². The van der Waals surface area contributed by atoms with Crippen LogP contribution < -0.4 is 15.7 Å². The summed E-state index contributed by atoms with van der Waals surface area (Å²) in [7, 11) is 0. The highest BCUT2D eigenvalue weighted by Crippen LogP contribution is 2.25. The SMILES string of the molecule is O=C(Cc1cc(F)cc(F)c1)Nn1nc(Oc2ccccc2)c2ccccc2c1=O. The Kier molecular flexibility index (Phi) is 5.21. The summed E-state index contributed by atoms with van der Waals surface area (Å²) in [6, 6.07) is 18.3. The fourth-order valence-corrected chi connectivity index (χ4v) is 2.97. The first-order valence-corrected chi connectivity index (χ1v) is 8.99. The number of hydrogen-bond donors (Lipinski definition) is 1. The van der Waals surface area contributed by atoms with E-state index in [1.165, 1.54) is 0 Å². The van der Waals surface area contributed by atoms with Crippen molar-refractivity contribution < 1.29 is 18.3 Å². The summed E-state index contributed by atoms with van der Waals surface area (Å²) in [5, 5.41) is 4.88. The van der Waals surface area contributed by atoms with Gasteiger partial charge in [-0.05, 0) is 42.0 Å². The molecule has 1 amide bonds. The summed E-state index contributed by atoms with van der Waals surface area (Å²) in [5.41, 5.74) is 1.90. The standard InChI is InChI=1S/C22H15F2N3O3/c23-15-10-14(11-16(24)13-15)12-20(28)25-27-22(29)19-9-5-4-8-18(19)21(26-27)30-17-6-2-1-3-7-17/h1-11,13H,12H2,(H,25,28). The molecular formula is C22H15F2N3O3. The van der Waals surface area contributed by atoms with Crippen LogP contribution in [-0.4, -0.2) is 15.8 Å². The second-order valence-electron chi connectivity index (χ2n) is 6.47. The van der Waals surface area contributed by atoms with Crippen LogP contribution in [0.1, 0.15) is 5.56 Å². The monoisotopic (exact) mass is 407 g/mol. The minimum Gasteiger partial charge on any atom is -0.437 e. The summed E-state index contributed by atoms with van der Waals surface area (Å²) in [6.45, 7) is 0. The van der Waals surface area contributed by atoms with Gasteiger partial charge in [-0.15, -0.1) is 9.89 Å². The van der Waals surface area contributed by atoms with E-state index >= 15 is 0 Å². The molecule has 3 aromatic carbocycles. The Morgan fingerprint density at radius 3 is 2.27 bits per heavy atom. The third-order valence-corrected chi connectivity index (χ3v) is 4.25. The Labute approximate surface area is 169 Å². The van der Waals surface area contributed by atoms with Crippen molar-refractivity contribution in [3.63, 3.8) is 0 Å². The molecule has 0 radical (unpaired) electrons. The number of benzene rings is 3. The molecule has 0 aliphatic rings. The highest BCUT2D eigenvalue weighted by atomic mass is 19.1. The number of carbonyl (C=O) groups excluding carboxylic acids is 1. The molecule has 0 saturated carbocycles. The van der Waals surface area contributed by atoms with Gasteiger partial charge in [0.05, 0.1) is 17.2 Å². The fraction of sp³-hybridized carbons (Fsp3) is 0.0455. The summed E-state index contributed by atoms with van der Waals surface area (Å²) < 4.78 is 32.5. The molecule has 0 saturated heterocycles. The number of amides is 1. The van der Waals surface area contributed by atoms with Gasteiger partial charge in [-0.2, -0.15) is 0 Å². The second kappa shape index (κ2) is 8.12. The zero-order valence-corrected chi connectivity index (χ0v) is 15.5. The number of ether oxygens (including phenoxy) is 1. The van der Waals surface area contributed by atoms with Gasteiger partial charge in [0.1, 0.15) is 17.4 Å². The molecule has 0 spiro atoms. The average molecular weight is 407 g/mol. The number of aromatic nitrogens is 2. The van der Waals surface area contributed by atoms with Crippen LogP contribution in [0.5, 0.6) is 11.6 Å². The van der Waals surface area contributed by atoms with Crippen LogP contribution in [-0.2, 0) is 11.2 Å². The topological polar surface area (TPSA) is 73.2 Å². The van der Waals surface area contributed by atoms with Crippen LogP contribution in [0.3, 0.4) is 0 Å². The molecule has 1 aromatic heterocycles. The van der Waals surface area contributed by atoms with Crippen molar-refractivity contribution in [2.75, 3.05) is 5.43 Å². The number of nitrogens with zero attached hydrogens (tertiary/aromatic N) is 2. The Hall–Kier alpha value is -4.07. The van der Waals surface area contributed by atoms with Gasteiger partial charge in [0, 0.05) is 6.07 Å². The van der Waals surface area contributed by atoms with E-state index < -0.39 is 23.1 Å². The van der Waals surface area contributed by atoms with E-state index in [9.17, 15) is 18.4 Å². The zero-order valence-electron chi connectivity index (χ0n) is 15.5. The fourth-order valence-electron chi connectivity index (χ4n) is 2.97. The Balaban J connectivity index is 1.67. The average Bonchev–Trinajstić information content (AvgIpc) is 2.71. The van der Waals surface area contributed by atoms with Crippen LogP contribution in [0, 0.1) is 11.6 Å². The molecular weight excluding hydrogens is 392 g/mol. The normalized spacial score (nSPS) is 10.7. The zero-order chi connectivity index (χ0) is 21.1. The van der Waals surface area contributed by atoms with E-state index in [2.05, 4.69) is 10.5 Å². The van der Waals surface area contributed by atoms with Gasteiger partial charge in [0.2, 0.25) is 11.8 Å². The van der Waals surface area contributed by atoms with E-state index in [1.54, 1.807) is 48.5 Å². The van der Waals surface area contributed by atoms with E-state index in [1.807, 2.05) is 6.07 Å². The quantitative estimate of drug-likeness (QED) is 0.547. The third-order valence-electron chi connectivity index (χ3n) is 4.25. The predicted octanol–water partition coefficient (Wildman–Crippen LogP) is 3.78. The smallest absolute Gasteiger partial charge is 0.294 e. The Morgan fingerprint density at radius 2 is 1.57 bits per heavy atom. The molecule has 0 unspecified atom stereocenters. The van der Waals surface area contributed by atoms with Crippen LogP contribution in [0.2, 0.25) is 0 Å². The lowest BCUT2D eigenvalue weighted by molar-refractivity contribution is -0.116. The van der Waals surface area contributed by atoms with Gasteiger partial charge in [0.15, 0.2) is 0 Å². The molecule has 1 heterocycles. The first-order chi connectivity index (χ1) is 14.5. The molecule has 30 heavy (non-hydrogen) atoms. The Morgan fingerprint density at radius 1 is 0.933 bits per heavy atom. The summed E-state index contributed by atoms with van der Waals surface area (Å²) in [5.74, 6) is -1.64. The van der Waals surface area contributed by atoms with Gasteiger partial charge in [0.25, 0.3) is 5.56 Å². The van der Waals surface area contributed by atoms with Crippen molar-refractivity contribution in [2.24, 2.45) is 0 Å². The Bertz CT molecular complexity index is 1270. The predicted molar refractivity (Wildman–Crippen MR) is 107 cm³/mol. The number of halogens is 2. The molecule has 4 rings (SSSR count). The maximum Gasteiger partial charge on any atom is 0.294 e. The van der Waals surface area contributed by atoms with Crippen molar-refractivity contribution in [1.82, 2.24) is 9.89 Å². The van der Waals surface area contributed by atoms with Gasteiger partial charge < -0.3 is 4.74 Å². The largest absolute Gasteiger partial charge is 0.437 e. The maximum absolute atomic E-state index is 13.3. The van der Waals surface area contributed by atoms with Crippen molar-refractivity contribution in [2.45, 2.75) is 6.42 Å². The first kappa shape index (κ1) is 19.3. The molecule has 0 aliphatic heterocycles. The number of nitrogens with one attached hydrogen (secondary N) is 1. The van der Waals surface area contributed by atoms with E-state index in [-0.39, 0.29) is 23.3 Å². The minimum absolute atomic E-state index is 0.119. The number of fused-ring (bicyclic) bond motifs is 1. The van der Waals surface area contributed by atoms with Crippen molar-refractivity contribution >= 4 is 16.7 Å². The van der Waals surface area contributed by atoms with Gasteiger partial charge in [-0.1, -0.05) is 30.3 Å². The molecule has 1 N–H and O–H groups in total. The van der Waals surface area contributed by atoms with Crippen molar-refractivity contribution in [3.05, 3.63) is 100 Å². The number of rotatable bonds is 5. The minimum atomic E-state index is -0.794. The third kappa shape index (κ3) is 4.17. The van der Waals surface area contributed by atoms with Crippen molar-refractivity contribution in [3.8, 4) is 11.6 Å². The van der Waals surface area contributed by atoms with Crippen LogP contribution >= 0.6 is 0 Å². The summed E-state index contributed by atoms with van der Waals surface area (Å²) >= 11 is 0. The molecule has 0 bridgehead atoms. The van der Waals surface area contributed by atoms with Gasteiger partial charge >= 0.3 is 0 Å². The number of para-hydroxylation sites is 1. The molecule has 150 valence electrons. The number of carbonyl (C=O) groups is 1. The van der Waals surface area contributed by atoms with E-state index in [4.69, 9.17) is 4.74 Å². The van der Waals surface area contributed by atoms with Gasteiger partial charge in [-0.3, -0.25) is 9.59 Å². The second-order valence-corrected chi connectivity index (χ2v) is 6.47. The molecule has 0 fully saturated rings. The molecule has 8 heteroatoms. The highest BCUT2D eigenvalue weighted by Gasteiger charge is 2.15. The molecule has 0 aliphatic carbocycles. The molecule has 6 nitrogen and oxygen atoms in total.